The van der Waals surface area contributed by atoms with Crippen molar-refractivity contribution in [3.05, 3.63) is 34.9 Å². The first-order valence-electron chi connectivity index (χ1n) is 7.56. The molecule has 4 heteroatoms. The fourth-order valence-corrected chi connectivity index (χ4v) is 2.23. The Morgan fingerprint density at radius 2 is 1.91 bits per heavy atom. The second-order valence-corrected chi connectivity index (χ2v) is 12.2. The van der Waals surface area contributed by atoms with E-state index in [1.807, 2.05) is 39.8 Å². The molecule has 0 fully saturated rings. The maximum Gasteiger partial charge on any atom is 0.407 e. The third-order valence-electron chi connectivity index (χ3n) is 2.75. The average Bonchev–Trinajstić information content (AvgIpc) is 2.32. The van der Waals surface area contributed by atoms with Crippen LogP contribution in [0.5, 0.6) is 0 Å². The molecule has 0 bridgehead atoms. The number of amides is 1. The summed E-state index contributed by atoms with van der Waals surface area (Å²) in [5.74, 6) is 3.25. The van der Waals surface area contributed by atoms with Crippen LogP contribution in [0.1, 0.15) is 37.5 Å². The number of hydrogen-bond acceptors (Lipinski definition) is 2. The summed E-state index contributed by atoms with van der Waals surface area (Å²) in [6.45, 7) is 14.7. The summed E-state index contributed by atoms with van der Waals surface area (Å²) in [6.07, 6.45) is -0.394. The van der Waals surface area contributed by atoms with Crippen LogP contribution in [0, 0.1) is 18.4 Å². The van der Waals surface area contributed by atoms with Gasteiger partial charge in [-0.3, -0.25) is 0 Å². The van der Waals surface area contributed by atoms with Gasteiger partial charge >= 0.3 is 6.09 Å². The largest absolute Gasteiger partial charge is 0.444 e. The number of ether oxygens (including phenoxy) is 1. The van der Waals surface area contributed by atoms with Gasteiger partial charge in [-0.2, -0.15) is 0 Å². The van der Waals surface area contributed by atoms with Crippen molar-refractivity contribution in [1.29, 1.82) is 0 Å². The second kappa shape index (κ2) is 7.02. The number of nitrogens with one attached hydrogen (secondary N) is 1. The summed E-state index contributed by atoms with van der Waals surface area (Å²) >= 11 is 0. The first-order valence-corrected chi connectivity index (χ1v) is 11.1. The van der Waals surface area contributed by atoms with Crippen LogP contribution in [0.4, 0.5) is 4.79 Å². The predicted molar refractivity (Wildman–Crippen MR) is 94.5 cm³/mol. The highest BCUT2D eigenvalue weighted by molar-refractivity contribution is 6.83. The highest BCUT2D eigenvalue weighted by Crippen LogP contribution is 2.12. The zero-order valence-corrected chi connectivity index (χ0v) is 15.8. The Bertz CT molecular complexity index is 598. The van der Waals surface area contributed by atoms with Crippen LogP contribution < -0.4 is 5.32 Å². The molecule has 0 aliphatic rings. The number of aryl methyl sites for hydroxylation is 1. The Kier molecular flexibility index (Phi) is 5.84. The zero-order valence-electron chi connectivity index (χ0n) is 14.8. The van der Waals surface area contributed by atoms with Crippen LogP contribution in [0.3, 0.4) is 0 Å². The van der Waals surface area contributed by atoms with E-state index < -0.39 is 19.8 Å². The summed E-state index contributed by atoms with van der Waals surface area (Å²) in [6, 6.07) is 6.09. The monoisotopic (exact) mass is 317 g/mol. The van der Waals surface area contributed by atoms with Crippen molar-refractivity contribution in [2.45, 2.75) is 59.5 Å². The molecule has 1 rings (SSSR count). The quantitative estimate of drug-likeness (QED) is 0.654. The van der Waals surface area contributed by atoms with Gasteiger partial charge in [0.15, 0.2) is 0 Å². The molecule has 0 aliphatic carbocycles. The minimum atomic E-state index is -1.36. The minimum absolute atomic E-state index is 0.394. The van der Waals surface area contributed by atoms with Crippen LogP contribution in [0.25, 0.3) is 0 Å². The standard InChI is InChI=1S/C18H27NO2Si/c1-14-12-15(10-11-22(5,6)7)8-9-16(14)13-19-17(20)21-18(2,3)4/h8-9,12H,13H2,1-7H3,(H,19,20). The topological polar surface area (TPSA) is 38.3 Å². The molecule has 0 heterocycles. The zero-order chi connectivity index (χ0) is 17.0. The molecule has 1 amide bonds. The van der Waals surface area contributed by atoms with Gasteiger partial charge in [0.25, 0.3) is 0 Å². The Hall–Kier alpha value is -1.73. The third-order valence-corrected chi connectivity index (χ3v) is 3.62. The molecule has 1 aromatic rings. The molecule has 0 atom stereocenters. The molecule has 22 heavy (non-hydrogen) atoms. The SMILES string of the molecule is Cc1cc(C#C[Si](C)(C)C)ccc1CNC(=O)OC(C)(C)C. The number of hydrogen-bond donors (Lipinski definition) is 1. The van der Waals surface area contributed by atoms with Crippen LogP contribution in [-0.2, 0) is 11.3 Å². The summed E-state index contributed by atoms with van der Waals surface area (Å²) in [4.78, 5) is 11.7. The van der Waals surface area contributed by atoms with Crippen molar-refractivity contribution in [2.24, 2.45) is 0 Å². The predicted octanol–water partition coefficient (Wildman–Crippen LogP) is 4.25. The van der Waals surface area contributed by atoms with Gasteiger partial charge in [0, 0.05) is 12.1 Å². The van der Waals surface area contributed by atoms with E-state index in [-0.39, 0.29) is 0 Å². The Morgan fingerprint density at radius 3 is 2.41 bits per heavy atom. The molecular formula is C18H27NO2Si. The molecule has 0 aromatic heterocycles. The van der Waals surface area contributed by atoms with E-state index in [2.05, 4.69) is 42.5 Å². The Morgan fingerprint density at radius 1 is 1.27 bits per heavy atom. The first-order chi connectivity index (χ1) is 9.96. The molecular weight excluding hydrogens is 290 g/mol. The van der Waals surface area contributed by atoms with Gasteiger partial charge in [0.1, 0.15) is 13.7 Å². The lowest BCUT2D eigenvalue weighted by Gasteiger charge is -2.20. The van der Waals surface area contributed by atoms with Gasteiger partial charge < -0.3 is 10.1 Å². The number of carbonyl (C=O) groups is 1. The fraction of sp³-hybridized carbons (Fsp3) is 0.500. The van der Waals surface area contributed by atoms with Crippen molar-refractivity contribution in [3.8, 4) is 11.5 Å². The van der Waals surface area contributed by atoms with E-state index in [1.54, 1.807) is 0 Å². The lowest BCUT2D eigenvalue weighted by Crippen LogP contribution is -2.32. The van der Waals surface area contributed by atoms with E-state index in [0.29, 0.717) is 6.54 Å². The summed E-state index contributed by atoms with van der Waals surface area (Å²) in [5, 5.41) is 2.78. The molecule has 0 saturated heterocycles. The van der Waals surface area contributed by atoms with Crippen LogP contribution in [-0.4, -0.2) is 19.8 Å². The summed E-state index contributed by atoms with van der Waals surface area (Å²) in [5.41, 5.74) is 6.11. The van der Waals surface area contributed by atoms with Gasteiger partial charge in [-0.1, -0.05) is 31.6 Å². The molecule has 3 nitrogen and oxygen atoms in total. The first kappa shape index (κ1) is 18.3. The normalized spacial score (nSPS) is 11.4. The van der Waals surface area contributed by atoms with Crippen LogP contribution in [0.2, 0.25) is 19.6 Å². The Labute approximate surface area is 135 Å². The average molecular weight is 318 g/mol. The molecule has 120 valence electrons. The van der Waals surface area contributed by atoms with Gasteiger partial charge in [-0.15, -0.1) is 5.54 Å². The number of benzene rings is 1. The maximum absolute atomic E-state index is 11.7. The molecule has 0 spiro atoms. The second-order valence-electron chi connectivity index (χ2n) is 7.50. The summed E-state index contributed by atoms with van der Waals surface area (Å²) in [7, 11) is -1.36. The van der Waals surface area contributed by atoms with E-state index in [0.717, 1.165) is 16.7 Å². The van der Waals surface area contributed by atoms with Crippen molar-refractivity contribution >= 4 is 14.2 Å². The minimum Gasteiger partial charge on any atom is -0.444 e. The number of rotatable bonds is 2. The van der Waals surface area contributed by atoms with E-state index in [1.165, 1.54) is 0 Å². The summed E-state index contributed by atoms with van der Waals surface area (Å²) < 4.78 is 5.23. The van der Waals surface area contributed by atoms with E-state index in [9.17, 15) is 4.79 Å². The van der Waals surface area contributed by atoms with Crippen LogP contribution >= 0.6 is 0 Å². The number of alkyl carbamates (subject to hydrolysis) is 1. The van der Waals surface area contributed by atoms with E-state index in [4.69, 9.17) is 4.74 Å². The molecule has 1 N–H and O–H groups in total. The lowest BCUT2D eigenvalue weighted by atomic mass is 10.1. The van der Waals surface area contributed by atoms with Gasteiger partial charge in [-0.25, -0.2) is 4.79 Å². The van der Waals surface area contributed by atoms with Gasteiger partial charge in [-0.05, 0) is 51.0 Å². The van der Waals surface area contributed by atoms with Crippen molar-refractivity contribution in [1.82, 2.24) is 5.32 Å². The Balaban J connectivity index is 2.70. The molecule has 0 aliphatic heterocycles. The molecule has 0 saturated carbocycles. The molecule has 0 radical (unpaired) electrons. The maximum atomic E-state index is 11.7. The van der Waals surface area contributed by atoms with E-state index >= 15 is 0 Å². The van der Waals surface area contributed by atoms with Gasteiger partial charge in [0.2, 0.25) is 0 Å². The fourth-order valence-electron chi connectivity index (χ4n) is 1.71. The van der Waals surface area contributed by atoms with Crippen molar-refractivity contribution < 1.29 is 9.53 Å². The molecule has 1 aromatic carbocycles. The lowest BCUT2D eigenvalue weighted by molar-refractivity contribution is 0.0523. The highest BCUT2D eigenvalue weighted by Gasteiger charge is 2.15. The number of carbonyl (C=O) groups excluding carboxylic acids is 1. The smallest absolute Gasteiger partial charge is 0.407 e. The molecule has 0 unspecified atom stereocenters. The van der Waals surface area contributed by atoms with Crippen LogP contribution in [0.15, 0.2) is 18.2 Å². The van der Waals surface area contributed by atoms with Crippen molar-refractivity contribution in [3.63, 3.8) is 0 Å². The highest BCUT2D eigenvalue weighted by atomic mass is 28.3. The van der Waals surface area contributed by atoms with Gasteiger partial charge in [0.05, 0.1) is 0 Å². The third kappa shape index (κ3) is 7.33. The van der Waals surface area contributed by atoms with Crippen molar-refractivity contribution in [2.75, 3.05) is 0 Å².